The largest absolute Gasteiger partial charge is 0.493 e. The fraction of sp³-hybridized carbons (Fsp3) is 0.600. The van der Waals surface area contributed by atoms with Crippen LogP contribution in [0.1, 0.15) is 12.8 Å². The fourth-order valence-electron chi connectivity index (χ4n) is 1.90. The van der Waals surface area contributed by atoms with E-state index in [1.807, 2.05) is 0 Å². The van der Waals surface area contributed by atoms with Gasteiger partial charge in [-0.25, -0.2) is 0 Å². The van der Waals surface area contributed by atoms with Crippen LogP contribution >= 0.6 is 0 Å². The van der Waals surface area contributed by atoms with Crippen molar-refractivity contribution in [1.29, 1.82) is 0 Å². The van der Waals surface area contributed by atoms with E-state index < -0.39 is 55.2 Å². The highest BCUT2D eigenvalue weighted by Crippen LogP contribution is 2.60. The molecule has 0 aliphatic carbocycles. The summed E-state index contributed by atoms with van der Waals surface area (Å²) in [4.78, 5) is 0. The van der Waals surface area contributed by atoms with Crippen LogP contribution < -0.4 is 4.74 Å². The van der Waals surface area contributed by atoms with Crippen molar-refractivity contribution in [2.24, 2.45) is 0 Å². The molecular weight excluding hydrogens is 443 g/mol. The number of alkyl halides is 13. The maximum absolute atomic E-state index is 13.5. The highest BCUT2D eigenvalue weighted by Gasteiger charge is 2.90. The molecule has 29 heavy (non-hydrogen) atoms. The van der Waals surface area contributed by atoms with Gasteiger partial charge in [-0.3, -0.25) is 0 Å². The van der Waals surface area contributed by atoms with Gasteiger partial charge in [-0.1, -0.05) is 18.2 Å². The quantitative estimate of drug-likeness (QED) is 0.311. The number of hydrogen-bond donors (Lipinski definition) is 0. The van der Waals surface area contributed by atoms with E-state index in [0.29, 0.717) is 0 Å². The maximum Gasteiger partial charge on any atom is 0.460 e. The van der Waals surface area contributed by atoms with Crippen LogP contribution in [-0.2, 0) is 0 Å². The van der Waals surface area contributed by atoms with Crippen LogP contribution in [0.5, 0.6) is 5.75 Å². The SMILES string of the molecule is FC(F)(F)C(F)(F)C(F)(F)C(F)(F)C(F)(F)C(F)(F)CCCOc1[c]cccc1. The van der Waals surface area contributed by atoms with Gasteiger partial charge in [-0.2, -0.15) is 57.1 Å². The van der Waals surface area contributed by atoms with Gasteiger partial charge in [-0.05, 0) is 12.5 Å². The highest BCUT2D eigenvalue weighted by atomic mass is 19.4. The average Bonchev–Trinajstić information content (AvgIpc) is 2.58. The second-order valence-electron chi connectivity index (χ2n) is 5.68. The molecule has 0 heterocycles. The van der Waals surface area contributed by atoms with E-state index >= 15 is 0 Å². The van der Waals surface area contributed by atoms with Gasteiger partial charge in [0.1, 0.15) is 5.75 Å². The second-order valence-corrected chi connectivity index (χ2v) is 5.68. The first-order valence-electron chi connectivity index (χ1n) is 7.38. The molecule has 1 aromatic carbocycles. The zero-order valence-electron chi connectivity index (χ0n) is 13.8. The molecule has 1 aromatic rings. The first-order valence-corrected chi connectivity index (χ1v) is 7.38. The monoisotopic (exact) mass is 453 g/mol. The van der Waals surface area contributed by atoms with Crippen LogP contribution in [0.2, 0.25) is 0 Å². The molecule has 0 unspecified atom stereocenters. The Hall–Kier alpha value is -1.89. The van der Waals surface area contributed by atoms with Crippen molar-refractivity contribution in [3.63, 3.8) is 0 Å². The molecule has 0 aliphatic heterocycles. The molecule has 0 spiro atoms. The molecule has 14 heteroatoms. The molecule has 167 valence electrons. The van der Waals surface area contributed by atoms with Crippen molar-refractivity contribution < 1.29 is 61.8 Å². The Balaban J connectivity index is 3.00. The Morgan fingerprint density at radius 3 is 1.66 bits per heavy atom. The van der Waals surface area contributed by atoms with Crippen LogP contribution in [0.3, 0.4) is 0 Å². The highest BCUT2D eigenvalue weighted by molar-refractivity contribution is 5.19. The predicted molar refractivity (Wildman–Crippen MR) is 70.8 cm³/mol. The third-order valence-corrected chi connectivity index (χ3v) is 3.57. The number of para-hydroxylation sites is 1. The Morgan fingerprint density at radius 1 is 0.690 bits per heavy atom. The molecule has 0 aliphatic rings. The molecule has 0 atom stereocenters. The van der Waals surface area contributed by atoms with Crippen molar-refractivity contribution >= 4 is 0 Å². The second kappa shape index (κ2) is 7.74. The van der Waals surface area contributed by atoms with E-state index in [1.54, 1.807) is 0 Å². The van der Waals surface area contributed by atoms with Crippen LogP contribution in [0.4, 0.5) is 57.1 Å². The van der Waals surface area contributed by atoms with Gasteiger partial charge in [0.15, 0.2) is 0 Å². The van der Waals surface area contributed by atoms with Gasteiger partial charge in [0.25, 0.3) is 0 Å². The number of hydrogen-bond acceptors (Lipinski definition) is 1. The summed E-state index contributed by atoms with van der Waals surface area (Å²) in [6.45, 7) is -0.827. The van der Waals surface area contributed by atoms with Gasteiger partial charge in [-0.15, -0.1) is 0 Å². The third kappa shape index (κ3) is 4.34. The maximum atomic E-state index is 13.5. The lowest BCUT2D eigenvalue weighted by Gasteiger charge is -2.39. The summed E-state index contributed by atoms with van der Waals surface area (Å²) < 4.78 is 172. The summed E-state index contributed by atoms with van der Waals surface area (Å²) in [6.07, 6.45) is -10.9. The molecule has 0 fully saturated rings. The van der Waals surface area contributed by atoms with Gasteiger partial charge >= 0.3 is 35.8 Å². The average molecular weight is 453 g/mol. The minimum atomic E-state index is -7.87. The number of rotatable bonds is 9. The lowest BCUT2D eigenvalue weighted by atomic mass is 9.92. The molecular formula is C15H10F13O. The van der Waals surface area contributed by atoms with Crippen LogP contribution in [0, 0.1) is 6.07 Å². The van der Waals surface area contributed by atoms with Crippen molar-refractivity contribution in [3.8, 4) is 5.75 Å². The molecule has 0 bridgehead atoms. The van der Waals surface area contributed by atoms with E-state index in [0.717, 1.165) is 0 Å². The topological polar surface area (TPSA) is 9.23 Å². The molecule has 0 N–H and O–H groups in total. The zero-order chi connectivity index (χ0) is 22.9. The Labute approximate surface area is 154 Å². The lowest BCUT2D eigenvalue weighted by molar-refractivity contribution is -0.440. The van der Waals surface area contributed by atoms with Gasteiger partial charge in [0, 0.05) is 12.5 Å². The van der Waals surface area contributed by atoms with Gasteiger partial charge in [0.2, 0.25) is 0 Å². The molecule has 0 saturated carbocycles. The third-order valence-electron chi connectivity index (χ3n) is 3.57. The van der Waals surface area contributed by atoms with Crippen LogP contribution in [0.15, 0.2) is 24.3 Å². The van der Waals surface area contributed by atoms with Crippen LogP contribution in [-0.4, -0.2) is 42.4 Å². The summed E-state index contributed by atoms with van der Waals surface area (Å²) in [5.41, 5.74) is 0. The summed E-state index contributed by atoms with van der Waals surface area (Å²) in [5.74, 6) is -36.8. The summed E-state index contributed by atoms with van der Waals surface area (Å²) in [6, 6.07) is 7.78. The van der Waals surface area contributed by atoms with E-state index in [1.165, 1.54) is 24.3 Å². The number of ether oxygens (including phenoxy) is 1. The minimum absolute atomic E-state index is 0.0794. The summed E-state index contributed by atoms with van der Waals surface area (Å²) >= 11 is 0. The number of benzene rings is 1. The molecule has 1 nitrogen and oxygen atoms in total. The predicted octanol–water partition coefficient (Wildman–Crippen LogP) is 6.38. The Bertz CT molecular complexity index is 667. The molecule has 0 saturated heterocycles. The molecule has 0 amide bonds. The minimum Gasteiger partial charge on any atom is -0.493 e. The van der Waals surface area contributed by atoms with E-state index in [2.05, 4.69) is 6.07 Å². The van der Waals surface area contributed by atoms with Crippen molar-refractivity contribution in [2.45, 2.75) is 48.6 Å². The summed E-state index contributed by atoms with van der Waals surface area (Å²) in [7, 11) is 0. The summed E-state index contributed by atoms with van der Waals surface area (Å²) in [5, 5.41) is 0. The Morgan fingerprint density at radius 2 is 1.21 bits per heavy atom. The van der Waals surface area contributed by atoms with Crippen LogP contribution in [0.25, 0.3) is 0 Å². The van der Waals surface area contributed by atoms with Gasteiger partial charge in [0.05, 0.1) is 6.61 Å². The normalized spacial score (nSPS) is 14.8. The van der Waals surface area contributed by atoms with Gasteiger partial charge < -0.3 is 4.74 Å². The molecule has 1 radical (unpaired) electrons. The smallest absolute Gasteiger partial charge is 0.460 e. The lowest BCUT2D eigenvalue weighted by Crippen LogP contribution is -2.70. The number of halogens is 13. The first-order chi connectivity index (χ1) is 12.8. The first kappa shape index (κ1) is 25.1. The van der Waals surface area contributed by atoms with E-state index in [4.69, 9.17) is 4.74 Å². The van der Waals surface area contributed by atoms with E-state index in [-0.39, 0.29) is 5.75 Å². The van der Waals surface area contributed by atoms with Crippen molar-refractivity contribution in [1.82, 2.24) is 0 Å². The Kier molecular flexibility index (Phi) is 6.71. The molecule has 1 rings (SSSR count). The van der Waals surface area contributed by atoms with E-state index in [9.17, 15) is 57.1 Å². The molecule has 0 aromatic heterocycles. The fourth-order valence-corrected chi connectivity index (χ4v) is 1.90. The van der Waals surface area contributed by atoms with Crippen molar-refractivity contribution in [2.75, 3.05) is 6.61 Å². The van der Waals surface area contributed by atoms with Crippen molar-refractivity contribution in [3.05, 3.63) is 30.3 Å². The standard InChI is InChI=1S/C15H10F13O/c16-10(17,7-4-8-29-9-5-2-1-3-6-9)11(18,19)12(20,21)13(22,23)14(24,25)15(26,27)28/h1-3,5H,4,7-8H2. The zero-order valence-corrected chi connectivity index (χ0v) is 13.8.